The van der Waals surface area contributed by atoms with Crippen molar-refractivity contribution in [2.24, 2.45) is 0 Å². The Labute approximate surface area is 72.7 Å². The summed E-state index contributed by atoms with van der Waals surface area (Å²) >= 11 is 0. The molecule has 11 heavy (non-hydrogen) atoms. The molecule has 0 saturated carbocycles. The SMILES string of the molecule is C#C[Si](C)(C)C=C[Si](C)(C)C. The molecule has 0 rings (SSSR count). The Morgan fingerprint density at radius 1 is 1.00 bits per heavy atom. The Bertz CT molecular complexity index is 189. The van der Waals surface area contributed by atoms with Crippen LogP contribution in [0.15, 0.2) is 11.4 Å². The Hall–Kier alpha value is -0.266. The van der Waals surface area contributed by atoms with Crippen molar-refractivity contribution in [2.45, 2.75) is 32.7 Å². The maximum atomic E-state index is 5.41. The molecule has 0 aliphatic carbocycles. The smallest absolute Gasteiger partial charge is 0.130 e. The van der Waals surface area contributed by atoms with Crippen molar-refractivity contribution in [3.05, 3.63) is 11.4 Å². The third-order valence-electron chi connectivity index (χ3n) is 1.37. The van der Waals surface area contributed by atoms with Crippen molar-refractivity contribution in [1.29, 1.82) is 0 Å². The van der Waals surface area contributed by atoms with Crippen LogP contribution in [0.2, 0.25) is 32.7 Å². The van der Waals surface area contributed by atoms with Crippen LogP contribution in [0, 0.1) is 12.0 Å². The Balaban J connectivity index is 4.28. The molecule has 0 aromatic heterocycles. The first kappa shape index (κ1) is 10.7. The van der Waals surface area contributed by atoms with Crippen molar-refractivity contribution < 1.29 is 0 Å². The molecule has 0 amide bonds. The first-order valence-corrected chi connectivity index (χ1v) is 10.6. The molecule has 0 saturated heterocycles. The fourth-order valence-electron chi connectivity index (χ4n) is 0.506. The molecule has 0 heterocycles. The molecular weight excluding hydrogens is 164 g/mol. The second-order valence-electron chi connectivity index (χ2n) is 4.57. The van der Waals surface area contributed by atoms with Gasteiger partial charge < -0.3 is 0 Å². The third kappa shape index (κ3) is 6.14. The topological polar surface area (TPSA) is 0 Å². The van der Waals surface area contributed by atoms with Crippen molar-refractivity contribution in [2.75, 3.05) is 0 Å². The molecule has 0 spiro atoms. The zero-order valence-electron chi connectivity index (χ0n) is 8.23. The van der Waals surface area contributed by atoms with Gasteiger partial charge in [0.05, 0.1) is 8.07 Å². The van der Waals surface area contributed by atoms with E-state index in [1.54, 1.807) is 0 Å². The molecule has 0 aromatic carbocycles. The van der Waals surface area contributed by atoms with Gasteiger partial charge in [0, 0.05) is 0 Å². The minimum Gasteiger partial charge on any atom is -0.130 e. The summed E-state index contributed by atoms with van der Waals surface area (Å²) in [6.45, 7) is 11.4. The van der Waals surface area contributed by atoms with E-state index >= 15 is 0 Å². The van der Waals surface area contributed by atoms with Gasteiger partial charge in [-0.15, -0.1) is 17.7 Å². The van der Waals surface area contributed by atoms with Gasteiger partial charge in [-0.3, -0.25) is 0 Å². The molecule has 0 aliphatic heterocycles. The van der Waals surface area contributed by atoms with E-state index in [9.17, 15) is 0 Å². The summed E-state index contributed by atoms with van der Waals surface area (Å²) in [4.78, 5) is 0. The first-order valence-electron chi connectivity index (χ1n) is 3.95. The van der Waals surface area contributed by atoms with E-state index in [2.05, 4.69) is 49.7 Å². The predicted octanol–water partition coefficient (Wildman–Crippen LogP) is 2.84. The first-order chi connectivity index (χ1) is 4.77. The van der Waals surface area contributed by atoms with Crippen molar-refractivity contribution in [1.82, 2.24) is 0 Å². The van der Waals surface area contributed by atoms with Crippen LogP contribution in [-0.4, -0.2) is 16.1 Å². The monoisotopic (exact) mass is 182 g/mol. The largest absolute Gasteiger partial charge is 0.154 e. The average Bonchev–Trinajstić information content (AvgIpc) is 1.83. The highest BCUT2D eigenvalue weighted by Gasteiger charge is 2.15. The molecule has 0 nitrogen and oxygen atoms in total. The Kier molecular flexibility index (Phi) is 3.34. The van der Waals surface area contributed by atoms with Gasteiger partial charge >= 0.3 is 0 Å². The van der Waals surface area contributed by atoms with E-state index in [4.69, 9.17) is 6.42 Å². The predicted molar refractivity (Wildman–Crippen MR) is 58.8 cm³/mol. The summed E-state index contributed by atoms with van der Waals surface area (Å²) < 4.78 is 0. The lowest BCUT2D eigenvalue weighted by molar-refractivity contribution is 1.76. The Morgan fingerprint density at radius 2 is 1.45 bits per heavy atom. The molecule has 0 aromatic rings. The summed E-state index contributed by atoms with van der Waals surface area (Å²) in [7, 11) is -2.43. The standard InChI is InChI=1S/C9H18Si2/c1-7-11(5,6)9-8-10(2,3)4/h1,8-9H,2-6H3. The van der Waals surface area contributed by atoms with Crippen LogP contribution in [0.1, 0.15) is 0 Å². The highest BCUT2D eigenvalue weighted by molar-refractivity contribution is 6.91. The minimum atomic E-state index is -1.41. The molecule has 0 radical (unpaired) electrons. The van der Waals surface area contributed by atoms with Gasteiger partial charge in [-0.2, -0.15) is 0 Å². The van der Waals surface area contributed by atoms with Gasteiger partial charge in [-0.25, -0.2) is 0 Å². The quantitative estimate of drug-likeness (QED) is 0.455. The van der Waals surface area contributed by atoms with Crippen molar-refractivity contribution in [3.63, 3.8) is 0 Å². The summed E-state index contributed by atoms with van der Waals surface area (Å²) in [6.07, 6.45) is 5.41. The zero-order chi connectivity index (χ0) is 9.12. The van der Waals surface area contributed by atoms with Gasteiger partial charge in [-0.05, 0) is 0 Å². The van der Waals surface area contributed by atoms with Crippen LogP contribution in [0.4, 0.5) is 0 Å². The second kappa shape index (κ2) is 3.42. The maximum Gasteiger partial charge on any atom is 0.154 e. The number of hydrogen-bond acceptors (Lipinski definition) is 0. The summed E-state index contributed by atoms with van der Waals surface area (Å²) in [6, 6.07) is 0. The second-order valence-corrected chi connectivity index (χ2v) is 13.7. The molecule has 0 N–H and O–H groups in total. The van der Waals surface area contributed by atoms with Crippen LogP contribution < -0.4 is 0 Å². The lowest BCUT2D eigenvalue weighted by Gasteiger charge is -2.13. The summed E-state index contributed by atoms with van der Waals surface area (Å²) in [5, 5.41) is 0. The van der Waals surface area contributed by atoms with Crippen LogP contribution in [0.5, 0.6) is 0 Å². The van der Waals surface area contributed by atoms with Crippen molar-refractivity contribution >= 4 is 16.1 Å². The van der Waals surface area contributed by atoms with Crippen LogP contribution in [-0.2, 0) is 0 Å². The lowest BCUT2D eigenvalue weighted by atomic mass is 11.2. The van der Waals surface area contributed by atoms with Gasteiger partial charge in [0.25, 0.3) is 0 Å². The Morgan fingerprint density at radius 3 is 1.73 bits per heavy atom. The van der Waals surface area contributed by atoms with E-state index in [-0.39, 0.29) is 0 Å². The summed E-state index contributed by atoms with van der Waals surface area (Å²) in [5.74, 6) is 0. The molecule has 0 bridgehead atoms. The number of terminal acetylenes is 1. The number of hydrogen-bond donors (Lipinski definition) is 0. The van der Waals surface area contributed by atoms with E-state index in [0.717, 1.165) is 0 Å². The molecule has 0 atom stereocenters. The maximum absolute atomic E-state index is 5.41. The zero-order valence-corrected chi connectivity index (χ0v) is 10.2. The molecule has 0 unspecified atom stereocenters. The molecule has 2 heteroatoms. The fourth-order valence-corrected chi connectivity index (χ4v) is 4.27. The molecule has 62 valence electrons. The van der Waals surface area contributed by atoms with Gasteiger partial charge in [-0.1, -0.05) is 38.4 Å². The highest BCUT2D eigenvalue weighted by Crippen LogP contribution is 2.07. The average molecular weight is 182 g/mol. The third-order valence-corrected chi connectivity index (χ3v) is 4.62. The van der Waals surface area contributed by atoms with Crippen molar-refractivity contribution in [3.8, 4) is 12.0 Å². The summed E-state index contributed by atoms with van der Waals surface area (Å²) in [5.41, 5.74) is 7.54. The van der Waals surface area contributed by atoms with Crippen LogP contribution in [0.3, 0.4) is 0 Å². The van der Waals surface area contributed by atoms with Gasteiger partial charge in [0.15, 0.2) is 8.07 Å². The van der Waals surface area contributed by atoms with Gasteiger partial charge in [0.1, 0.15) is 0 Å². The normalized spacial score (nSPS) is 13.5. The molecular formula is C9H18Si2. The van der Waals surface area contributed by atoms with E-state index in [1.165, 1.54) is 0 Å². The van der Waals surface area contributed by atoms with E-state index < -0.39 is 16.1 Å². The number of rotatable bonds is 2. The lowest BCUT2D eigenvalue weighted by Crippen LogP contribution is -2.24. The van der Waals surface area contributed by atoms with Crippen LogP contribution >= 0.6 is 0 Å². The van der Waals surface area contributed by atoms with E-state index in [1.807, 2.05) is 0 Å². The molecule has 0 aliphatic rings. The fraction of sp³-hybridized carbons (Fsp3) is 0.556. The molecule has 0 fully saturated rings. The minimum absolute atomic E-state index is 1.02. The van der Waals surface area contributed by atoms with Crippen LogP contribution in [0.25, 0.3) is 0 Å². The van der Waals surface area contributed by atoms with Gasteiger partial charge in [0.2, 0.25) is 0 Å². The highest BCUT2D eigenvalue weighted by atomic mass is 28.3. The van der Waals surface area contributed by atoms with E-state index in [0.29, 0.717) is 0 Å².